The highest BCUT2D eigenvalue weighted by molar-refractivity contribution is 5.74. The maximum Gasteiger partial charge on any atom is 0.315 e. The number of hydrogen-bond acceptors (Lipinski definition) is 2. The van der Waals surface area contributed by atoms with Gasteiger partial charge >= 0.3 is 6.03 Å². The number of urea groups is 1. The van der Waals surface area contributed by atoms with Crippen LogP contribution < -0.4 is 10.6 Å². The first-order valence-electron chi connectivity index (χ1n) is 7.34. The molecule has 0 aromatic carbocycles. The summed E-state index contributed by atoms with van der Waals surface area (Å²) in [5, 5.41) is 15.7. The Morgan fingerprint density at radius 1 is 1.28 bits per heavy atom. The zero-order valence-corrected chi connectivity index (χ0v) is 11.5. The zero-order chi connectivity index (χ0) is 13.1. The molecular formula is C14H26N2O2. The summed E-state index contributed by atoms with van der Waals surface area (Å²) in [6.45, 7) is 4.40. The Morgan fingerprint density at radius 2 is 1.83 bits per heavy atom. The fraction of sp³-hybridized carbons (Fsp3) is 0.929. The molecule has 0 bridgehead atoms. The van der Waals surface area contributed by atoms with Crippen molar-refractivity contribution < 1.29 is 9.90 Å². The van der Waals surface area contributed by atoms with Gasteiger partial charge in [0.25, 0.3) is 0 Å². The van der Waals surface area contributed by atoms with E-state index in [0.29, 0.717) is 24.4 Å². The third kappa shape index (κ3) is 3.87. The van der Waals surface area contributed by atoms with E-state index in [-0.39, 0.29) is 11.9 Å². The molecule has 4 heteroatoms. The van der Waals surface area contributed by atoms with Crippen molar-refractivity contribution in [3.8, 4) is 0 Å². The van der Waals surface area contributed by atoms with Crippen molar-refractivity contribution in [1.29, 1.82) is 0 Å². The number of rotatable bonds is 7. The molecule has 0 aromatic heterocycles. The Balaban J connectivity index is 1.67. The number of aliphatic hydroxyl groups is 1. The summed E-state index contributed by atoms with van der Waals surface area (Å²) in [6, 6.07) is 0.270. The van der Waals surface area contributed by atoms with Gasteiger partial charge in [0.05, 0.1) is 6.10 Å². The van der Waals surface area contributed by atoms with Gasteiger partial charge in [-0.25, -0.2) is 4.79 Å². The van der Waals surface area contributed by atoms with Crippen molar-refractivity contribution in [2.24, 2.45) is 17.8 Å². The average molecular weight is 254 g/mol. The molecule has 2 saturated carbocycles. The first-order valence-corrected chi connectivity index (χ1v) is 7.34. The van der Waals surface area contributed by atoms with Crippen LogP contribution in [0.4, 0.5) is 4.79 Å². The molecule has 104 valence electrons. The van der Waals surface area contributed by atoms with Gasteiger partial charge in [-0.05, 0) is 43.4 Å². The van der Waals surface area contributed by atoms with Gasteiger partial charge in [-0.15, -0.1) is 0 Å². The quantitative estimate of drug-likeness (QED) is 0.649. The lowest BCUT2D eigenvalue weighted by molar-refractivity contribution is 0.114. The fourth-order valence-corrected chi connectivity index (χ4v) is 2.40. The van der Waals surface area contributed by atoms with Crippen molar-refractivity contribution >= 4 is 6.03 Å². The summed E-state index contributed by atoms with van der Waals surface area (Å²) in [7, 11) is 0. The summed E-state index contributed by atoms with van der Waals surface area (Å²) >= 11 is 0. The third-order valence-electron chi connectivity index (χ3n) is 4.33. The largest absolute Gasteiger partial charge is 0.391 e. The van der Waals surface area contributed by atoms with E-state index in [9.17, 15) is 9.90 Å². The van der Waals surface area contributed by atoms with Gasteiger partial charge in [0.15, 0.2) is 0 Å². The van der Waals surface area contributed by atoms with Crippen LogP contribution in [0.2, 0.25) is 0 Å². The lowest BCUT2D eigenvalue weighted by Gasteiger charge is -2.21. The highest BCUT2D eigenvalue weighted by Gasteiger charge is 2.42. The second kappa shape index (κ2) is 5.91. The molecule has 0 saturated heterocycles. The summed E-state index contributed by atoms with van der Waals surface area (Å²) in [5.41, 5.74) is 0. The third-order valence-corrected chi connectivity index (χ3v) is 4.33. The zero-order valence-electron chi connectivity index (χ0n) is 11.5. The van der Waals surface area contributed by atoms with E-state index in [1.165, 1.54) is 25.7 Å². The molecule has 2 rings (SSSR count). The van der Waals surface area contributed by atoms with Gasteiger partial charge in [-0.2, -0.15) is 0 Å². The topological polar surface area (TPSA) is 61.4 Å². The second-order valence-electron chi connectivity index (χ2n) is 6.01. The Kier molecular flexibility index (Phi) is 4.49. The standard InChI is InChI=1S/C14H26N2O2/c1-3-9(2)12(17)8-15-14(18)16-13(10-4-5-10)11-6-7-11/h9-13,17H,3-8H2,1-2H3,(H2,15,16,18). The van der Waals surface area contributed by atoms with Crippen molar-refractivity contribution in [3.63, 3.8) is 0 Å². The van der Waals surface area contributed by atoms with E-state index in [1.54, 1.807) is 0 Å². The molecule has 2 aliphatic carbocycles. The molecule has 4 nitrogen and oxygen atoms in total. The summed E-state index contributed by atoms with van der Waals surface area (Å²) in [6.07, 6.45) is 5.53. The van der Waals surface area contributed by atoms with Gasteiger partial charge in [-0.3, -0.25) is 0 Å². The summed E-state index contributed by atoms with van der Waals surface area (Å²) in [5.74, 6) is 1.65. The molecule has 2 aliphatic rings. The predicted molar refractivity (Wildman–Crippen MR) is 71.2 cm³/mol. The predicted octanol–water partition coefficient (Wildman–Crippen LogP) is 1.88. The molecular weight excluding hydrogens is 228 g/mol. The maximum atomic E-state index is 11.8. The first-order chi connectivity index (χ1) is 8.61. The van der Waals surface area contributed by atoms with Gasteiger partial charge in [0, 0.05) is 12.6 Å². The SMILES string of the molecule is CCC(C)C(O)CNC(=O)NC(C1CC1)C1CC1. The molecule has 18 heavy (non-hydrogen) atoms. The molecule has 2 unspecified atom stereocenters. The smallest absolute Gasteiger partial charge is 0.315 e. The molecule has 2 amide bonds. The Morgan fingerprint density at radius 3 is 2.28 bits per heavy atom. The minimum atomic E-state index is -0.443. The van der Waals surface area contributed by atoms with Crippen LogP contribution in [-0.2, 0) is 0 Å². The number of amides is 2. The van der Waals surface area contributed by atoms with Gasteiger partial charge in [-0.1, -0.05) is 20.3 Å². The Hall–Kier alpha value is -0.770. The number of hydrogen-bond donors (Lipinski definition) is 3. The molecule has 2 atom stereocenters. The van der Waals surface area contributed by atoms with Crippen LogP contribution in [0, 0.1) is 17.8 Å². The van der Waals surface area contributed by atoms with Crippen molar-refractivity contribution in [1.82, 2.24) is 10.6 Å². The normalized spacial score (nSPS) is 22.7. The highest BCUT2D eigenvalue weighted by atomic mass is 16.3. The minimum Gasteiger partial charge on any atom is -0.391 e. The molecule has 0 radical (unpaired) electrons. The van der Waals surface area contributed by atoms with Crippen LogP contribution in [0.1, 0.15) is 46.0 Å². The van der Waals surface area contributed by atoms with E-state index in [2.05, 4.69) is 10.6 Å². The van der Waals surface area contributed by atoms with Crippen LogP contribution in [0.25, 0.3) is 0 Å². The van der Waals surface area contributed by atoms with E-state index in [1.807, 2.05) is 13.8 Å². The van der Waals surface area contributed by atoms with Gasteiger partial charge < -0.3 is 15.7 Å². The second-order valence-corrected chi connectivity index (χ2v) is 6.01. The monoisotopic (exact) mass is 254 g/mol. The van der Waals surface area contributed by atoms with Crippen LogP contribution in [0.5, 0.6) is 0 Å². The molecule has 0 spiro atoms. The van der Waals surface area contributed by atoms with E-state index in [0.717, 1.165) is 6.42 Å². The number of nitrogens with one attached hydrogen (secondary N) is 2. The number of aliphatic hydroxyl groups excluding tert-OH is 1. The van der Waals surface area contributed by atoms with Crippen LogP contribution in [-0.4, -0.2) is 29.8 Å². The molecule has 3 N–H and O–H groups in total. The van der Waals surface area contributed by atoms with Gasteiger partial charge in [0.1, 0.15) is 0 Å². The van der Waals surface area contributed by atoms with Gasteiger partial charge in [0.2, 0.25) is 0 Å². The fourth-order valence-electron chi connectivity index (χ4n) is 2.40. The van der Waals surface area contributed by atoms with E-state index in [4.69, 9.17) is 0 Å². The summed E-state index contributed by atoms with van der Waals surface area (Å²) in [4.78, 5) is 11.8. The Bertz CT molecular complexity index is 276. The average Bonchev–Trinajstić information content (AvgIpc) is 3.23. The van der Waals surface area contributed by atoms with E-state index >= 15 is 0 Å². The van der Waals surface area contributed by atoms with Crippen molar-refractivity contribution in [2.45, 2.75) is 58.1 Å². The Labute approximate surface area is 110 Å². The lowest BCUT2D eigenvalue weighted by atomic mass is 10.0. The highest BCUT2D eigenvalue weighted by Crippen LogP contribution is 2.44. The minimum absolute atomic E-state index is 0.110. The van der Waals surface area contributed by atoms with Crippen LogP contribution >= 0.6 is 0 Å². The summed E-state index contributed by atoms with van der Waals surface area (Å²) < 4.78 is 0. The number of carbonyl (C=O) groups is 1. The molecule has 0 heterocycles. The maximum absolute atomic E-state index is 11.8. The molecule has 2 fully saturated rings. The molecule has 0 aliphatic heterocycles. The van der Waals surface area contributed by atoms with Crippen LogP contribution in [0.3, 0.4) is 0 Å². The van der Waals surface area contributed by atoms with Crippen LogP contribution in [0.15, 0.2) is 0 Å². The van der Waals surface area contributed by atoms with Crippen molar-refractivity contribution in [3.05, 3.63) is 0 Å². The first kappa shape index (κ1) is 13.7. The van der Waals surface area contributed by atoms with Crippen molar-refractivity contribution in [2.75, 3.05) is 6.54 Å². The lowest BCUT2D eigenvalue weighted by Crippen LogP contribution is -2.47. The number of carbonyl (C=O) groups excluding carboxylic acids is 1. The van der Waals surface area contributed by atoms with E-state index < -0.39 is 6.10 Å². The molecule has 0 aromatic rings.